The summed E-state index contributed by atoms with van der Waals surface area (Å²) < 4.78 is 5.22. The SMILES string of the molecule is CCc1ccc(CC)c(C(=O)COC(=O)c2ccc3ccccc3n2)c1. The predicted octanol–water partition coefficient (Wildman–Crippen LogP) is 4.40. The van der Waals surface area contributed by atoms with Gasteiger partial charge in [-0.05, 0) is 42.2 Å². The molecule has 3 aromatic rings. The first-order valence-corrected chi connectivity index (χ1v) is 8.80. The highest BCUT2D eigenvalue weighted by Gasteiger charge is 2.16. The van der Waals surface area contributed by atoms with Crippen LogP contribution in [-0.4, -0.2) is 23.3 Å². The standard InChI is InChI=1S/C22H21NO3/c1-3-15-9-10-16(4-2)18(13-15)21(24)14-26-22(25)20-12-11-17-7-5-6-8-19(17)23-20/h5-13H,3-4,14H2,1-2H3. The summed E-state index contributed by atoms with van der Waals surface area (Å²) in [5.74, 6) is -0.778. The first kappa shape index (κ1) is 17.8. The van der Waals surface area contributed by atoms with Crippen LogP contribution in [-0.2, 0) is 17.6 Å². The fourth-order valence-corrected chi connectivity index (χ4v) is 2.87. The number of carbonyl (C=O) groups is 2. The van der Waals surface area contributed by atoms with Gasteiger partial charge in [0.15, 0.2) is 6.61 Å². The van der Waals surface area contributed by atoms with Crippen molar-refractivity contribution in [3.8, 4) is 0 Å². The lowest BCUT2D eigenvalue weighted by atomic mass is 9.98. The summed E-state index contributed by atoms with van der Waals surface area (Å²) in [6, 6.07) is 16.9. The van der Waals surface area contributed by atoms with E-state index >= 15 is 0 Å². The van der Waals surface area contributed by atoms with Gasteiger partial charge in [0.1, 0.15) is 5.69 Å². The Hall–Kier alpha value is -3.01. The van der Waals surface area contributed by atoms with E-state index in [0.29, 0.717) is 5.56 Å². The van der Waals surface area contributed by atoms with Crippen molar-refractivity contribution in [3.05, 3.63) is 77.0 Å². The van der Waals surface area contributed by atoms with Crippen LogP contribution in [0.5, 0.6) is 0 Å². The van der Waals surface area contributed by atoms with E-state index in [1.54, 1.807) is 6.07 Å². The number of hydrogen-bond donors (Lipinski definition) is 0. The third-order valence-electron chi connectivity index (χ3n) is 4.41. The number of nitrogens with zero attached hydrogens (tertiary/aromatic N) is 1. The molecule has 0 amide bonds. The fourth-order valence-electron chi connectivity index (χ4n) is 2.87. The van der Waals surface area contributed by atoms with Gasteiger partial charge in [-0.3, -0.25) is 4.79 Å². The third kappa shape index (κ3) is 3.80. The molecular formula is C22H21NO3. The lowest BCUT2D eigenvalue weighted by Gasteiger charge is -2.10. The van der Waals surface area contributed by atoms with Crippen molar-refractivity contribution in [1.29, 1.82) is 0 Å². The number of benzene rings is 2. The van der Waals surface area contributed by atoms with Gasteiger partial charge < -0.3 is 4.74 Å². The highest BCUT2D eigenvalue weighted by molar-refractivity contribution is 6.00. The zero-order valence-corrected chi connectivity index (χ0v) is 15.0. The number of aryl methyl sites for hydroxylation is 2. The average molecular weight is 347 g/mol. The normalized spacial score (nSPS) is 10.7. The Morgan fingerprint density at radius 1 is 0.962 bits per heavy atom. The molecule has 3 rings (SSSR count). The molecule has 0 bridgehead atoms. The number of esters is 1. The number of pyridine rings is 1. The van der Waals surface area contributed by atoms with E-state index in [4.69, 9.17) is 4.74 Å². The van der Waals surface area contributed by atoms with Crippen LogP contribution in [0.15, 0.2) is 54.6 Å². The summed E-state index contributed by atoms with van der Waals surface area (Å²) >= 11 is 0. The van der Waals surface area contributed by atoms with Crippen LogP contribution < -0.4 is 0 Å². The van der Waals surface area contributed by atoms with Gasteiger partial charge in [-0.25, -0.2) is 9.78 Å². The highest BCUT2D eigenvalue weighted by Crippen LogP contribution is 2.16. The molecule has 4 heteroatoms. The summed E-state index contributed by atoms with van der Waals surface area (Å²) in [4.78, 5) is 29.1. The molecule has 1 heterocycles. The van der Waals surface area contributed by atoms with E-state index in [1.165, 1.54) is 0 Å². The Kier molecular flexibility index (Phi) is 5.42. The van der Waals surface area contributed by atoms with Crippen molar-refractivity contribution < 1.29 is 14.3 Å². The molecule has 26 heavy (non-hydrogen) atoms. The smallest absolute Gasteiger partial charge is 0.357 e. The Balaban J connectivity index is 1.73. The second-order valence-corrected chi connectivity index (χ2v) is 6.09. The van der Waals surface area contributed by atoms with Gasteiger partial charge in [0, 0.05) is 10.9 Å². The highest BCUT2D eigenvalue weighted by atomic mass is 16.5. The first-order chi connectivity index (χ1) is 12.6. The number of ketones is 1. The molecule has 0 fully saturated rings. The van der Waals surface area contributed by atoms with Crippen LogP contribution in [0.1, 0.15) is 45.8 Å². The lowest BCUT2D eigenvalue weighted by molar-refractivity contribution is 0.0469. The van der Waals surface area contributed by atoms with E-state index in [2.05, 4.69) is 4.98 Å². The third-order valence-corrected chi connectivity index (χ3v) is 4.41. The number of ether oxygens (including phenoxy) is 1. The molecule has 0 N–H and O–H groups in total. The second-order valence-electron chi connectivity index (χ2n) is 6.09. The maximum Gasteiger partial charge on any atom is 0.357 e. The molecule has 1 aromatic heterocycles. The van der Waals surface area contributed by atoms with Crippen molar-refractivity contribution in [1.82, 2.24) is 4.98 Å². The zero-order chi connectivity index (χ0) is 18.5. The minimum Gasteiger partial charge on any atom is -0.453 e. The van der Waals surface area contributed by atoms with E-state index in [0.717, 1.165) is 34.9 Å². The van der Waals surface area contributed by atoms with Crippen LogP contribution in [0.25, 0.3) is 10.9 Å². The molecule has 2 aromatic carbocycles. The number of carbonyl (C=O) groups excluding carboxylic acids is 2. The van der Waals surface area contributed by atoms with Crippen molar-refractivity contribution in [3.63, 3.8) is 0 Å². The summed E-state index contributed by atoms with van der Waals surface area (Å²) in [7, 11) is 0. The molecular weight excluding hydrogens is 326 g/mol. The number of rotatable bonds is 6. The van der Waals surface area contributed by atoms with E-state index in [1.807, 2.05) is 62.4 Å². The summed E-state index contributed by atoms with van der Waals surface area (Å²) in [6.07, 6.45) is 1.61. The number of para-hydroxylation sites is 1. The molecule has 132 valence electrons. The molecule has 0 radical (unpaired) electrons. The van der Waals surface area contributed by atoms with Gasteiger partial charge in [0.25, 0.3) is 0 Å². The average Bonchev–Trinajstić information content (AvgIpc) is 2.70. The molecule has 0 atom stereocenters. The fraction of sp³-hybridized carbons (Fsp3) is 0.227. The molecule has 0 saturated carbocycles. The predicted molar refractivity (Wildman–Crippen MR) is 102 cm³/mol. The molecule has 4 nitrogen and oxygen atoms in total. The molecule has 0 aliphatic carbocycles. The van der Waals surface area contributed by atoms with Crippen molar-refractivity contribution in [2.24, 2.45) is 0 Å². The summed E-state index contributed by atoms with van der Waals surface area (Å²) in [5, 5.41) is 0.948. The van der Waals surface area contributed by atoms with E-state index in [9.17, 15) is 9.59 Å². The first-order valence-electron chi connectivity index (χ1n) is 8.80. The number of hydrogen-bond acceptors (Lipinski definition) is 4. The minimum absolute atomic E-state index is 0.189. The Bertz CT molecular complexity index is 963. The topological polar surface area (TPSA) is 56.3 Å². The quantitative estimate of drug-likeness (QED) is 0.490. The lowest BCUT2D eigenvalue weighted by Crippen LogP contribution is -2.16. The Morgan fingerprint density at radius 2 is 1.77 bits per heavy atom. The summed E-state index contributed by atoms with van der Waals surface area (Å²) in [6.45, 7) is 3.76. The summed E-state index contributed by atoms with van der Waals surface area (Å²) in [5.41, 5.74) is 3.61. The second kappa shape index (κ2) is 7.91. The number of fused-ring (bicyclic) bond motifs is 1. The van der Waals surface area contributed by atoms with Crippen molar-refractivity contribution in [2.45, 2.75) is 26.7 Å². The van der Waals surface area contributed by atoms with Crippen LogP contribution >= 0.6 is 0 Å². The van der Waals surface area contributed by atoms with E-state index < -0.39 is 5.97 Å². The largest absolute Gasteiger partial charge is 0.453 e. The van der Waals surface area contributed by atoms with Crippen LogP contribution in [0, 0.1) is 0 Å². The van der Waals surface area contributed by atoms with Gasteiger partial charge in [0.2, 0.25) is 5.78 Å². The van der Waals surface area contributed by atoms with Crippen LogP contribution in [0.4, 0.5) is 0 Å². The van der Waals surface area contributed by atoms with Gasteiger partial charge in [0.05, 0.1) is 5.52 Å². The van der Waals surface area contributed by atoms with Gasteiger partial charge in [-0.2, -0.15) is 0 Å². The molecule has 0 aliphatic heterocycles. The maximum absolute atomic E-state index is 12.5. The van der Waals surface area contributed by atoms with Crippen LogP contribution in [0.2, 0.25) is 0 Å². The van der Waals surface area contributed by atoms with Crippen LogP contribution in [0.3, 0.4) is 0 Å². The molecule has 0 saturated heterocycles. The maximum atomic E-state index is 12.5. The van der Waals surface area contributed by atoms with Gasteiger partial charge in [-0.15, -0.1) is 0 Å². The van der Waals surface area contributed by atoms with E-state index in [-0.39, 0.29) is 18.1 Å². The molecule has 0 unspecified atom stereocenters. The van der Waals surface area contributed by atoms with Gasteiger partial charge in [-0.1, -0.05) is 50.2 Å². The minimum atomic E-state index is -0.589. The van der Waals surface area contributed by atoms with Crippen molar-refractivity contribution >= 4 is 22.7 Å². The molecule has 0 spiro atoms. The Morgan fingerprint density at radius 3 is 2.54 bits per heavy atom. The number of Topliss-reactive ketones (excluding diaryl/α,β-unsaturated/α-hetero) is 1. The Labute approximate surface area is 152 Å². The monoisotopic (exact) mass is 347 g/mol. The van der Waals surface area contributed by atoms with Crippen molar-refractivity contribution in [2.75, 3.05) is 6.61 Å². The molecule has 0 aliphatic rings. The zero-order valence-electron chi connectivity index (χ0n) is 15.0. The number of aromatic nitrogens is 1. The van der Waals surface area contributed by atoms with Gasteiger partial charge >= 0.3 is 5.97 Å².